The molecular weight excluding hydrogens is 262 g/mol. The zero-order valence-corrected chi connectivity index (χ0v) is 16.6. The normalized spacial score (nSPS) is 13.2. The van der Waals surface area contributed by atoms with E-state index in [4.69, 9.17) is 0 Å². The molecule has 0 rings (SSSR count). The van der Waals surface area contributed by atoms with Gasteiger partial charge in [-0.25, -0.2) is 0 Å². The van der Waals surface area contributed by atoms with Crippen LogP contribution in [-0.2, 0) is 0 Å². The number of unbranched alkanes of at least 4 members (excludes halogenated alkanes) is 6. The van der Waals surface area contributed by atoms with Gasteiger partial charge in [0.25, 0.3) is 0 Å². The molecule has 0 bridgehead atoms. The first-order valence-electron chi connectivity index (χ1n) is 8.15. The summed E-state index contributed by atoms with van der Waals surface area (Å²) in [5, 5.41) is 0. The monoisotopic (exact) mass is 299 g/mol. The zero-order chi connectivity index (χ0) is 14.9. The molecule has 0 spiro atoms. The summed E-state index contributed by atoms with van der Waals surface area (Å²) in [6.07, 6.45) is 14.5. The van der Waals surface area contributed by atoms with Crippen molar-refractivity contribution in [3.05, 3.63) is 12.3 Å². The summed E-state index contributed by atoms with van der Waals surface area (Å²) in [5.41, 5.74) is 0. The molecule has 0 heterocycles. The maximum atomic E-state index is 2.75. The fourth-order valence-corrected chi connectivity index (χ4v) is 11.8. The van der Waals surface area contributed by atoms with Crippen LogP contribution in [0.4, 0.5) is 0 Å². The quantitative estimate of drug-likeness (QED) is 0.342. The van der Waals surface area contributed by atoms with Gasteiger partial charge in [-0.15, -0.1) is 0 Å². The van der Waals surface area contributed by atoms with Gasteiger partial charge in [-0.05, 0) is 19.0 Å². The molecule has 0 aliphatic rings. The first-order chi connectivity index (χ1) is 8.69. The van der Waals surface area contributed by atoms with Crippen molar-refractivity contribution in [2.24, 2.45) is 0 Å². The van der Waals surface area contributed by atoms with Gasteiger partial charge in [-0.3, -0.25) is 0 Å². The maximum Gasteiger partial charge on any atom is 0.138 e. The van der Waals surface area contributed by atoms with Gasteiger partial charge in [0.2, 0.25) is 0 Å². The maximum absolute atomic E-state index is 2.75. The van der Waals surface area contributed by atoms with Crippen LogP contribution in [0.1, 0.15) is 51.9 Å². The summed E-state index contributed by atoms with van der Waals surface area (Å²) in [6.45, 7) is 17.0. The van der Waals surface area contributed by atoms with Crippen LogP contribution < -0.4 is 0 Å². The lowest BCUT2D eigenvalue weighted by Crippen LogP contribution is -2.55. The van der Waals surface area contributed by atoms with Crippen LogP contribution in [0.2, 0.25) is 39.3 Å². The van der Waals surface area contributed by atoms with Crippen LogP contribution in [0.5, 0.6) is 0 Å². The highest BCUT2D eigenvalue weighted by atomic mass is 28.4. The predicted octanol–water partition coefficient (Wildman–Crippen LogP) is 6.22. The topological polar surface area (TPSA) is 3.24 Å². The molecule has 0 radical (unpaired) electrons. The minimum atomic E-state index is -1.20. The molecule has 0 atom stereocenters. The summed E-state index contributed by atoms with van der Waals surface area (Å²) in [6, 6.07) is 0. The van der Waals surface area contributed by atoms with E-state index < -0.39 is 16.5 Å². The molecule has 1 nitrogen and oxygen atoms in total. The van der Waals surface area contributed by atoms with Crippen LogP contribution in [0, 0.1) is 0 Å². The van der Waals surface area contributed by atoms with Crippen LogP contribution in [-0.4, -0.2) is 20.7 Å². The van der Waals surface area contributed by atoms with Crippen molar-refractivity contribution in [1.29, 1.82) is 0 Å². The van der Waals surface area contributed by atoms with Crippen LogP contribution in [0.25, 0.3) is 0 Å². The van der Waals surface area contributed by atoms with Gasteiger partial charge in [0.15, 0.2) is 0 Å². The Labute approximate surface area is 124 Å². The molecule has 114 valence electrons. The van der Waals surface area contributed by atoms with Crippen molar-refractivity contribution in [1.82, 2.24) is 4.23 Å². The first kappa shape index (κ1) is 19.0. The molecule has 0 fully saturated rings. The minimum Gasteiger partial charge on any atom is -0.431 e. The summed E-state index contributed by atoms with van der Waals surface area (Å²) in [5.74, 6) is 0. The van der Waals surface area contributed by atoms with Gasteiger partial charge in [-0.2, -0.15) is 0 Å². The Morgan fingerprint density at radius 3 is 1.68 bits per heavy atom. The Kier molecular flexibility index (Phi) is 9.00. The molecule has 0 saturated carbocycles. The molecule has 3 heteroatoms. The van der Waals surface area contributed by atoms with Crippen molar-refractivity contribution in [2.45, 2.75) is 91.2 Å². The van der Waals surface area contributed by atoms with Crippen molar-refractivity contribution < 1.29 is 0 Å². The van der Waals surface area contributed by atoms with E-state index in [1.165, 1.54) is 44.9 Å². The van der Waals surface area contributed by atoms with Gasteiger partial charge in [0.05, 0.1) is 0 Å². The molecule has 0 aromatic heterocycles. The Morgan fingerprint density at radius 1 is 0.737 bits per heavy atom. The molecule has 0 aromatic rings. The van der Waals surface area contributed by atoms with Crippen LogP contribution >= 0.6 is 0 Å². The highest BCUT2D eigenvalue weighted by molar-refractivity contribution is 6.89. The van der Waals surface area contributed by atoms with Gasteiger partial charge in [-0.1, -0.05) is 84.4 Å². The highest BCUT2D eigenvalue weighted by Crippen LogP contribution is 2.20. The standard InChI is InChI=1S/C16H37NSi2/c1-8-9-10-11-12-13-14-15-16-17(18(2,3)4)19(5,6)7/h15-16H,8-14H2,1-7H3. The van der Waals surface area contributed by atoms with Crippen molar-refractivity contribution in [2.75, 3.05) is 0 Å². The highest BCUT2D eigenvalue weighted by Gasteiger charge is 2.31. The van der Waals surface area contributed by atoms with Crippen LogP contribution in [0.15, 0.2) is 12.3 Å². The molecule has 0 unspecified atom stereocenters. The number of allylic oxidation sites excluding steroid dienone is 1. The molecule has 0 aliphatic carbocycles. The second-order valence-corrected chi connectivity index (χ2v) is 17.7. The number of hydrogen-bond donors (Lipinski definition) is 0. The van der Waals surface area contributed by atoms with E-state index in [1.54, 1.807) is 0 Å². The molecule has 19 heavy (non-hydrogen) atoms. The number of rotatable bonds is 10. The lowest BCUT2D eigenvalue weighted by molar-refractivity contribution is 0.610. The van der Waals surface area contributed by atoms with E-state index in [-0.39, 0.29) is 0 Å². The van der Waals surface area contributed by atoms with E-state index in [1.807, 2.05) is 0 Å². The van der Waals surface area contributed by atoms with E-state index in [9.17, 15) is 0 Å². The van der Waals surface area contributed by atoms with Gasteiger partial charge in [0.1, 0.15) is 16.5 Å². The van der Waals surface area contributed by atoms with Gasteiger partial charge < -0.3 is 4.23 Å². The smallest absolute Gasteiger partial charge is 0.138 e. The zero-order valence-electron chi connectivity index (χ0n) is 14.6. The number of hydrogen-bond acceptors (Lipinski definition) is 1. The largest absolute Gasteiger partial charge is 0.431 e. The lowest BCUT2D eigenvalue weighted by atomic mass is 10.1. The average Bonchev–Trinajstić information content (AvgIpc) is 2.23. The van der Waals surface area contributed by atoms with E-state index >= 15 is 0 Å². The average molecular weight is 300 g/mol. The van der Waals surface area contributed by atoms with E-state index in [0.29, 0.717) is 0 Å². The summed E-state index contributed by atoms with van der Waals surface area (Å²) >= 11 is 0. The first-order valence-corrected chi connectivity index (χ1v) is 15.0. The Morgan fingerprint density at radius 2 is 1.21 bits per heavy atom. The van der Waals surface area contributed by atoms with E-state index in [0.717, 1.165) is 0 Å². The Balaban J connectivity index is 4.01. The van der Waals surface area contributed by atoms with Gasteiger partial charge in [0, 0.05) is 0 Å². The third-order valence-electron chi connectivity index (χ3n) is 3.42. The van der Waals surface area contributed by atoms with Crippen molar-refractivity contribution in [3.8, 4) is 0 Å². The van der Waals surface area contributed by atoms with Crippen molar-refractivity contribution in [3.63, 3.8) is 0 Å². The molecule has 0 aliphatic heterocycles. The molecule has 0 saturated heterocycles. The second kappa shape index (κ2) is 9.01. The predicted molar refractivity (Wildman–Crippen MR) is 95.7 cm³/mol. The SMILES string of the molecule is CCCCCCCCC=CN([Si](C)(C)C)[Si](C)(C)C. The molecule has 0 aromatic carbocycles. The van der Waals surface area contributed by atoms with E-state index in [2.05, 4.69) is 62.7 Å². The summed E-state index contributed by atoms with van der Waals surface area (Å²) in [4.78, 5) is 0. The van der Waals surface area contributed by atoms with Crippen molar-refractivity contribution >= 4 is 16.5 Å². The lowest BCUT2D eigenvalue weighted by Gasteiger charge is -2.43. The number of nitrogens with zero attached hydrogens (tertiary/aromatic N) is 1. The second-order valence-electron chi connectivity index (χ2n) is 7.65. The molecule has 0 amide bonds. The summed E-state index contributed by atoms with van der Waals surface area (Å²) < 4.78 is 2.75. The minimum absolute atomic E-state index is 1.20. The third-order valence-corrected chi connectivity index (χ3v) is 10.6. The third kappa shape index (κ3) is 9.50. The molecular formula is C16H37NSi2. The Hall–Kier alpha value is -0.0262. The van der Waals surface area contributed by atoms with Gasteiger partial charge >= 0.3 is 0 Å². The fraction of sp³-hybridized carbons (Fsp3) is 0.875. The fourth-order valence-electron chi connectivity index (χ4n) is 2.68. The molecule has 0 N–H and O–H groups in total. The summed E-state index contributed by atoms with van der Waals surface area (Å²) in [7, 11) is -2.40. The van der Waals surface area contributed by atoms with Crippen LogP contribution in [0.3, 0.4) is 0 Å². The Bertz CT molecular complexity index is 234.